The Morgan fingerprint density at radius 1 is 1.25 bits per heavy atom. The standard InChI is InChI=1S/C15H12ClFN2O/c16-14-6-3-10(9-18-14)12-5-4-11(8-13(12)17)19-7-1-2-15(19)20/h3-6,8-9H,1-2,7H2. The molecule has 0 bridgehead atoms. The Balaban J connectivity index is 1.95. The monoisotopic (exact) mass is 290 g/mol. The van der Waals surface area contributed by atoms with Crippen LogP contribution in [-0.2, 0) is 4.79 Å². The number of carbonyl (C=O) groups excluding carboxylic acids is 1. The third-order valence-electron chi connectivity index (χ3n) is 3.38. The van der Waals surface area contributed by atoms with Gasteiger partial charge in [0.05, 0.1) is 0 Å². The average molecular weight is 291 g/mol. The molecule has 0 spiro atoms. The molecule has 2 heterocycles. The van der Waals surface area contributed by atoms with Crippen molar-refractivity contribution in [3.63, 3.8) is 0 Å². The number of hydrogen-bond donors (Lipinski definition) is 0. The highest BCUT2D eigenvalue weighted by molar-refractivity contribution is 6.29. The van der Waals surface area contributed by atoms with E-state index in [1.54, 1.807) is 29.2 Å². The summed E-state index contributed by atoms with van der Waals surface area (Å²) < 4.78 is 14.2. The minimum Gasteiger partial charge on any atom is -0.312 e. The second kappa shape index (κ2) is 5.21. The predicted octanol–water partition coefficient (Wildman–Crippen LogP) is 3.67. The fourth-order valence-electron chi connectivity index (χ4n) is 2.36. The van der Waals surface area contributed by atoms with Crippen molar-refractivity contribution in [3.05, 3.63) is 47.5 Å². The Hall–Kier alpha value is -1.94. The van der Waals surface area contributed by atoms with Gasteiger partial charge in [0.1, 0.15) is 11.0 Å². The van der Waals surface area contributed by atoms with Crippen LogP contribution in [0.2, 0.25) is 5.15 Å². The third kappa shape index (κ3) is 2.39. The highest BCUT2D eigenvalue weighted by atomic mass is 35.5. The SMILES string of the molecule is O=C1CCCN1c1ccc(-c2ccc(Cl)nc2)c(F)c1. The number of halogens is 2. The van der Waals surface area contributed by atoms with Crippen LogP contribution in [0.5, 0.6) is 0 Å². The van der Waals surface area contributed by atoms with Crippen LogP contribution >= 0.6 is 11.6 Å². The molecule has 2 aromatic rings. The zero-order chi connectivity index (χ0) is 14.1. The van der Waals surface area contributed by atoms with Crippen molar-refractivity contribution in [3.8, 4) is 11.1 Å². The highest BCUT2D eigenvalue weighted by Crippen LogP contribution is 2.28. The molecule has 3 rings (SSSR count). The van der Waals surface area contributed by atoms with E-state index < -0.39 is 0 Å². The van der Waals surface area contributed by atoms with Crippen molar-refractivity contribution in [2.24, 2.45) is 0 Å². The predicted molar refractivity (Wildman–Crippen MR) is 76.2 cm³/mol. The van der Waals surface area contributed by atoms with E-state index in [1.165, 1.54) is 12.3 Å². The summed E-state index contributed by atoms with van der Waals surface area (Å²) >= 11 is 5.72. The first-order valence-electron chi connectivity index (χ1n) is 6.37. The third-order valence-corrected chi connectivity index (χ3v) is 3.60. The van der Waals surface area contributed by atoms with E-state index in [-0.39, 0.29) is 11.7 Å². The van der Waals surface area contributed by atoms with E-state index in [1.807, 2.05) is 0 Å². The molecule has 1 amide bonds. The fraction of sp³-hybridized carbons (Fsp3) is 0.200. The number of rotatable bonds is 2. The first-order chi connectivity index (χ1) is 9.65. The summed E-state index contributed by atoms with van der Waals surface area (Å²) in [5.41, 5.74) is 1.71. The van der Waals surface area contributed by atoms with E-state index in [0.29, 0.717) is 34.9 Å². The molecule has 0 aliphatic carbocycles. The summed E-state index contributed by atoms with van der Waals surface area (Å²) in [6.45, 7) is 0.653. The van der Waals surface area contributed by atoms with E-state index in [9.17, 15) is 9.18 Å². The van der Waals surface area contributed by atoms with Crippen molar-refractivity contribution in [1.29, 1.82) is 0 Å². The molecule has 1 aliphatic rings. The molecule has 0 saturated carbocycles. The van der Waals surface area contributed by atoms with Gasteiger partial charge in [0, 0.05) is 36.0 Å². The molecular formula is C15H12ClFN2O. The van der Waals surface area contributed by atoms with E-state index in [4.69, 9.17) is 11.6 Å². The van der Waals surface area contributed by atoms with Gasteiger partial charge in [-0.3, -0.25) is 4.79 Å². The smallest absolute Gasteiger partial charge is 0.227 e. The average Bonchev–Trinajstić information content (AvgIpc) is 2.86. The van der Waals surface area contributed by atoms with Gasteiger partial charge >= 0.3 is 0 Å². The Morgan fingerprint density at radius 3 is 2.70 bits per heavy atom. The lowest BCUT2D eigenvalue weighted by Crippen LogP contribution is -2.23. The van der Waals surface area contributed by atoms with Gasteiger partial charge in [-0.1, -0.05) is 11.6 Å². The van der Waals surface area contributed by atoms with Gasteiger partial charge in [-0.25, -0.2) is 9.37 Å². The van der Waals surface area contributed by atoms with Crippen molar-refractivity contribution < 1.29 is 9.18 Å². The lowest BCUT2D eigenvalue weighted by atomic mass is 10.1. The number of pyridine rings is 1. The van der Waals surface area contributed by atoms with Crippen LogP contribution in [0.25, 0.3) is 11.1 Å². The molecule has 3 nitrogen and oxygen atoms in total. The van der Waals surface area contributed by atoms with Crippen LogP contribution in [0.1, 0.15) is 12.8 Å². The van der Waals surface area contributed by atoms with Crippen molar-refractivity contribution in [1.82, 2.24) is 4.98 Å². The Bertz CT molecular complexity index is 657. The second-order valence-electron chi connectivity index (χ2n) is 4.68. The van der Waals surface area contributed by atoms with Gasteiger partial charge in [0.15, 0.2) is 0 Å². The molecule has 0 N–H and O–H groups in total. The van der Waals surface area contributed by atoms with E-state index in [2.05, 4.69) is 4.98 Å². The van der Waals surface area contributed by atoms with Crippen molar-refractivity contribution in [2.75, 3.05) is 11.4 Å². The van der Waals surface area contributed by atoms with E-state index in [0.717, 1.165) is 6.42 Å². The van der Waals surface area contributed by atoms with Gasteiger partial charge in [0.2, 0.25) is 5.91 Å². The number of carbonyl (C=O) groups is 1. The molecule has 5 heteroatoms. The topological polar surface area (TPSA) is 33.2 Å². The summed E-state index contributed by atoms with van der Waals surface area (Å²) in [6.07, 6.45) is 2.88. The summed E-state index contributed by atoms with van der Waals surface area (Å²) in [6, 6.07) is 8.16. The minimum absolute atomic E-state index is 0.0466. The minimum atomic E-state index is -0.369. The van der Waals surface area contributed by atoms with Gasteiger partial charge < -0.3 is 4.90 Å². The molecule has 102 valence electrons. The van der Waals surface area contributed by atoms with Gasteiger partial charge in [-0.2, -0.15) is 0 Å². The number of benzene rings is 1. The Labute approximate surface area is 121 Å². The maximum absolute atomic E-state index is 14.2. The van der Waals surface area contributed by atoms with Gasteiger partial charge in [-0.05, 0) is 36.8 Å². The highest BCUT2D eigenvalue weighted by Gasteiger charge is 2.22. The molecular weight excluding hydrogens is 279 g/mol. The van der Waals surface area contributed by atoms with Crippen LogP contribution in [0.4, 0.5) is 10.1 Å². The molecule has 1 aromatic carbocycles. The molecule has 1 fully saturated rings. The second-order valence-corrected chi connectivity index (χ2v) is 5.07. The molecule has 0 unspecified atom stereocenters. The summed E-state index contributed by atoms with van der Waals surface area (Å²) in [5, 5.41) is 0.369. The fourth-order valence-corrected chi connectivity index (χ4v) is 2.47. The molecule has 0 atom stereocenters. The molecule has 1 saturated heterocycles. The molecule has 0 radical (unpaired) electrons. The van der Waals surface area contributed by atoms with Crippen molar-refractivity contribution >= 4 is 23.2 Å². The van der Waals surface area contributed by atoms with Crippen LogP contribution in [0, 0.1) is 5.82 Å². The van der Waals surface area contributed by atoms with Crippen molar-refractivity contribution in [2.45, 2.75) is 12.8 Å². The van der Waals surface area contributed by atoms with Crippen LogP contribution in [0.15, 0.2) is 36.5 Å². The number of aromatic nitrogens is 1. The number of anilines is 1. The maximum Gasteiger partial charge on any atom is 0.227 e. The lowest BCUT2D eigenvalue weighted by Gasteiger charge is -2.16. The summed E-state index contributed by atoms with van der Waals surface area (Å²) in [4.78, 5) is 17.2. The molecule has 1 aliphatic heterocycles. The number of nitrogens with zero attached hydrogens (tertiary/aromatic N) is 2. The molecule has 20 heavy (non-hydrogen) atoms. The van der Waals surface area contributed by atoms with E-state index >= 15 is 0 Å². The first kappa shape index (κ1) is 13.1. The number of amides is 1. The van der Waals surface area contributed by atoms with Crippen LogP contribution in [0.3, 0.4) is 0 Å². The van der Waals surface area contributed by atoms with Crippen LogP contribution < -0.4 is 4.90 Å². The molecule has 1 aromatic heterocycles. The zero-order valence-corrected chi connectivity index (χ0v) is 11.4. The zero-order valence-electron chi connectivity index (χ0n) is 10.6. The summed E-state index contributed by atoms with van der Waals surface area (Å²) in [7, 11) is 0. The maximum atomic E-state index is 14.2. The summed E-state index contributed by atoms with van der Waals surface area (Å²) in [5.74, 6) is -0.323. The Morgan fingerprint density at radius 2 is 2.10 bits per heavy atom. The quantitative estimate of drug-likeness (QED) is 0.791. The first-order valence-corrected chi connectivity index (χ1v) is 6.75. The largest absolute Gasteiger partial charge is 0.312 e. The van der Waals surface area contributed by atoms with Gasteiger partial charge in [0.25, 0.3) is 0 Å². The Kier molecular flexibility index (Phi) is 3.40. The van der Waals surface area contributed by atoms with Gasteiger partial charge in [-0.15, -0.1) is 0 Å². The van der Waals surface area contributed by atoms with Crippen LogP contribution in [-0.4, -0.2) is 17.4 Å². The lowest BCUT2D eigenvalue weighted by molar-refractivity contribution is -0.117. The number of hydrogen-bond acceptors (Lipinski definition) is 2. The normalized spacial score (nSPS) is 14.9.